The predicted molar refractivity (Wildman–Crippen MR) is 103 cm³/mol. The van der Waals surface area contributed by atoms with E-state index in [1.54, 1.807) is 18.5 Å². The molecule has 26 heavy (non-hydrogen) atoms. The van der Waals surface area contributed by atoms with Crippen molar-refractivity contribution in [2.45, 2.75) is 29.9 Å². The van der Waals surface area contributed by atoms with E-state index in [9.17, 15) is 4.79 Å². The monoisotopic (exact) mass is 390 g/mol. The van der Waals surface area contributed by atoms with Crippen molar-refractivity contribution >= 4 is 40.2 Å². The Bertz CT molecular complexity index is 1060. The van der Waals surface area contributed by atoms with Crippen LogP contribution in [0.2, 0.25) is 0 Å². The van der Waals surface area contributed by atoms with Crippen molar-refractivity contribution in [2.75, 3.05) is 18.4 Å². The Morgan fingerprint density at radius 2 is 2.15 bits per heavy atom. The zero-order valence-corrected chi connectivity index (χ0v) is 16.2. The maximum Gasteiger partial charge on any atom is 0.280 e. The molecule has 9 nitrogen and oxygen atoms in total. The van der Waals surface area contributed by atoms with Crippen LogP contribution in [0.15, 0.2) is 14.3 Å². The van der Waals surface area contributed by atoms with Crippen LogP contribution in [0, 0.1) is 18.8 Å². The number of aryl methyl sites for hydroxylation is 1. The summed E-state index contributed by atoms with van der Waals surface area (Å²) in [5, 5.41) is 12.5. The summed E-state index contributed by atoms with van der Waals surface area (Å²) in [5.41, 5.74) is 6.15. The first-order valence-corrected chi connectivity index (χ1v) is 9.47. The second-order valence-corrected chi connectivity index (χ2v) is 7.68. The van der Waals surface area contributed by atoms with Crippen molar-refractivity contribution in [2.24, 2.45) is 12.8 Å². The van der Waals surface area contributed by atoms with Crippen molar-refractivity contribution in [1.29, 1.82) is 0 Å². The van der Waals surface area contributed by atoms with Crippen molar-refractivity contribution in [3.05, 3.63) is 15.4 Å². The highest BCUT2D eigenvalue weighted by Crippen LogP contribution is 2.28. The molecule has 0 bridgehead atoms. The maximum absolute atomic E-state index is 12.9. The number of nitrogens with one attached hydrogen (secondary N) is 1. The molecule has 0 saturated heterocycles. The number of fused-ring (bicyclic) bond motifs is 1. The number of anilines is 1. The molecule has 0 aliphatic rings. The molecule has 3 N–H and O–H groups in total. The van der Waals surface area contributed by atoms with Gasteiger partial charge in [0.05, 0.1) is 6.54 Å². The first kappa shape index (κ1) is 18.4. The van der Waals surface area contributed by atoms with Crippen LogP contribution in [-0.4, -0.2) is 42.4 Å². The zero-order valence-electron chi connectivity index (χ0n) is 14.6. The molecular formula is C15H18N8OS2. The van der Waals surface area contributed by atoms with Gasteiger partial charge in [-0.1, -0.05) is 17.3 Å². The van der Waals surface area contributed by atoms with Gasteiger partial charge in [0.2, 0.25) is 5.95 Å². The van der Waals surface area contributed by atoms with Crippen LogP contribution in [-0.2, 0) is 13.6 Å². The SMILES string of the molecule is CC#CCn1c(NCCN)nc2nc(Sc3nnc(C)s3)n(C)c(=O)c21. The van der Waals surface area contributed by atoms with Crippen LogP contribution in [0.5, 0.6) is 0 Å². The van der Waals surface area contributed by atoms with Crippen molar-refractivity contribution in [3.8, 4) is 11.8 Å². The van der Waals surface area contributed by atoms with Crippen LogP contribution < -0.4 is 16.6 Å². The van der Waals surface area contributed by atoms with E-state index in [1.165, 1.54) is 27.7 Å². The molecule has 136 valence electrons. The molecule has 0 spiro atoms. The second-order valence-electron chi connectivity index (χ2n) is 5.28. The van der Waals surface area contributed by atoms with Gasteiger partial charge in [-0.15, -0.1) is 16.1 Å². The largest absolute Gasteiger partial charge is 0.354 e. The summed E-state index contributed by atoms with van der Waals surface area (Å²) in [6.45, 7) is 4.96. The average Bonchev–Trinajstić information content (AvgIpc) is 3.18. The van der Waals surface area contributed by atoms with Gasteiger partial charge in [-0.25, -0.2) is 4.98 Å². The molecule has 0 saturated carbocycles. The highest BCUT2D eigenvalue weighted by atomic mass is 32.2. The fourth-order valence-electron chi connectivity index (χ4n) is 2.26. The Morgan fingerprint density at radius 1 is 1.35 bits per heavy atom. The van der Waals surface area contributed by atoms with E-state index in [1.807, 2.05) is 6.92 Å². The summed E-state index contributed by atoms with van der Waals surface area (Å²) in [5.74, 6) is 6.34. The fraction of sp³-hybridized carbons (Fsp3) is 0.400. The second kappa shape index (κ2) is 7.86. The highest BCUT2D eigenvalue weighted by molar-refractivity contribution is 8.00. The van der Waals surface area contributed by atoms with E-state index in [0.717, 1.165) is 9.35 Å². The van der Waals surface area contributed by atoms with Crippen molar-refractivity contribution < 1.29 is 0 Å². The molecule has 3 aromatic heterocycles. The normalized spacial score (nSPS) is 10.8. The van der Waals surface area contributed by atoms with Gasteiger partial charge in [0.15, 0.2) is 20.7 Å². The number of hydrogen-bond donors (Lipinski definition) is 2. The first-order chi connectivity index (χ1) is 12.5. The van der Waals surface area contributed by atoms with Crippen LogP contribution >= 0.6 is 23.1 Å². The van der Waals surface area contributed by atoms with Gasteiger partial charge >= 0.3 is 0 Å². The van der Waals surface area contributed by atoms with Gasteiger partial charge in [-0.3, -0.25) is 13.9 Å². The molecule has 0 aliphatic heterocycles. The summed E-state index contributed by atoms with van der Waals surface area (Å²) in [7, 11) is 1.68. The van der Waals surface area contributed by atoms with E-state index in [-0.39, 0.29) is 5.56 Å². The van der Waals surface area contributed by atoms with Gasteiger partial charge in [-0.2, -0.15) is 4.98 Å². The molecule has 0 aliphatic carbocycles. The van der Waals surface area contributed by atoms with Gasteiger partial charge in [0, 0.05) is 20.1 Å². The smallest absolute Gasteiger partial charge is 0.280 e. The molecule has 0 aromatic carbocycles. The van der Waals surface area contributed by atoms with E-state index in [4.69, 9.17) is 5.73 Å². The lowest BCUT2D eigenvalue weighted by molar-refractivity contribution is 0.716. The lowest BCUT2D eigenvalue weighted by Crippen LogP contribution is -2.22. The molecule has 0 fully saturated rings. The Balaban J connectivity index is 2.12. The molecule has 11 heteroatoms. The topological polar surface area (TPSA) is 117 Å². The van der Waals surface area contributed by atoms with Crippen molar-refractivity contribution in [1.82, 2.24) is 29.3 Å². The number of aromatic nitrogens is 6. The van der Waals surface area contributed by atoms with Crippen LogP contribution in [0.3, 0.4) is 0 Å². The minimum absolute atomic E-state index is 0.190. The third kappa shape index (κ3) is 3.57. The third-order valence-corrected chi connectivity index (χ3v) is 5.41. The van der Waals surface area contributed by atoms with Crippen molar-refractivity contribution in [3.63, 3.8) is 0 Å². The zero-order chi connectivity index (χ0) is 18.7. The molecule has 0 amide bonds. The third-order valence-electron chi connectivity index (χ3n) is 3.47. The molecule has 0 atom stereocenters. The Morgan fingerprint density at radius 3 is 2.81 bits per heavy atom. The predicted octanol–water partition coefficient (Wildman–Crippen LogP) is 0.835. The first-order valence-electron chi connectivity index (χ1n) is 7.84. The molecule has 0 unspecified atom stereocenters. The molecule has 3 rings (SSSR count). The lowest BCUT2D eigenvalue weighted by Gasteiger charge is -2.08. The van der Waals surface area contributed by atoms with E-state index in [2.05, 4.69) is 37.3 Å². The molecule has 0 radical (unpaired) electrons. The fourth-order valence-corrected chi connectivity index (χ4v) is 4.02. The molecular weight excluding hydrogens is 372 g/mol. The minimum Gasteiger partial charge on any atom is -0.354 e. The van der Waals surface area contributed by atoms with Crippen LogP contribution in [0.25, 0.3) is 11.2 Å². The number of imidazole rings is 1. The Hall–Kier alpha value is -2.42. The minimum atomic E-state index is -0.190. The standard InChI is InChI=1S/C15H18N8OS2/c1-4-5-8-23-10-11(18-13(23)17-7-6-16)19-14(22(3)12(10)24)26-15-21-20-9(2)25-15/h6-8,16H2,1-3H3,(H,17,18). The summed E-state index contributed by atoms with van der Waals surface area (Å²) in [4.78, 5) is 22.0. The van der Waals surface area contributed by atoms with Crippen LogP contribution in [0.1, 0.15) is 11.9 Å². The summed E-state index contributed by atoms with van der Waals surface area (Å²) in [6, 6.07) is 0. The summed E-state index contributed by atoms with van der Waals surface area (Å²) >= 11 is 2.74. The van der Waals surface area contributed by atoms with Gasteiger partial charge in [-0.05, 0) is 25.6 Å². The Kier molecular flexibility index (Phi) is 5.55. The van der Waals surface area contributed by atoms with Crippen LogP contribution in [0.4, 0.5) is 5.95 Å². The number of hydrogen-bond acceptors (Lipinski definition) is 9. The van der Waals surface area contributed by atoms with Gasteiger partial charge in [0.1, 0.15) is 5.01 Å². The number of nitrogens with two attached hydrogens (primary N) is 1. The molecule has 3 heterocycles. The van der Waals surface area contributed by atoms with Gasteiger partial charge < -0.3 is 11.1 Å². The molecule has 3 aromatic rings. The van der Waals surface area contributed by atoms with E-state index in [0.29, 0.717) is 41.9 Å². The maximum atomic E-state index is 12.9. The highest BCUT2D eigenvalue weighted by Gasteiger charge is 2.19. The van der Waals surface area contributed by atoms with E-state index >= 15 is 0 Å². The van der Waals surface area contributed by atoms with Gasteiger partial charge in [0.25, 0.3) is 5.56 Å². The summed E-state index contributed by atoms with van der Waals surface area (Å²) < 4.78 is 3.95. The lowest BCUT2D eigenvalue weighted by atomic mass is 10.5. The number of rotatable bonds is 6. The van der Waals surface area contributed by atoms with E-state index < -0.39 is 0 Å². The number of nitrogens with zero attached hydrogens (tertiary/aromatic N) is 6. The average molecular weight is 390 g/mol. The Labute approximate surface area is 158 Å². The summed E-state index contributed by atoms with van der Waals surface area (Å²) in [6.07, 6.45) is 0. The quantitative estimate of drug-likeness (QED) is 0.470.